The summed E-state index contributed by atoms with van der Waals surface area (Å²) in [5, 5.41) is 11.6. The lowest BCUT2D eigenvalue weighted by molar-refractivity contribution is -0.384. The van der Waals surface area contributed by atoms with Crippen LogP contribution in [-0.4, -0.2) is 34.4 Å². The fourth-order valence-corrected chi connectivity index (χ4v) is 6.90. The molecule has 0 aromatic heterocycles. The van der Waals surface area contributed by atoms with Crippen molar-refractivity contribution >= 4 is 34.8 Å². The molecule has 2 heterocycles. The Kier molecular flexibility index (Phi) is 5.37. The molecule has 1 fully saturated rings. The third kappa shape index (κ3) is 3.34. The number of ketones is 3. The molecule has 0 bridgehead atoms. The fourth-order valence-electron chi connectivity index (χ4n) is 6.90. The second kappa shape index (κ2) is 8.89. The molecule has 8 heteroatoms. The molecule has 3 atom stereocenters. The van der Waals surface area contributed by atoms with Crippen LogP contribution in [0.25, 0.3) is 6.08 Å². The number of nitrogens with zero attached hydrogens (tertiary/aromatic N) is 2. The molecule has 41 heavy (non-hydrogen) atoms. The molecule has 1 aliphatic carbocycles. The normalized spacial score (nSPS) is 21.5. The lowest BCUT2D eigenvalue weighted by Crippen LogP contribution is -2.48. The van der Waals surface area contributed by atoms with E-state index in [0.717, 1.165) is 5.56 Å². The Hall–Kier alpha value is -5.24. The summed E-state index contributed by atoms with van der Waals surface area (Å²) in [4.78, 5) is 56.5. The van der Waals surface area contributed by atoms with E-state index in [1.165, 1.54) is 48.5 Å². The summed E-state index contributed by atoms with van der Waals surface area (Å²) in [6.07, 6.45) is 3.64. The quantitative estimate of drug-likeness (QED) is 0.134. The van der Waals surface area contributed by atoms with Crippen molar-refractivity contribution < 1.29 is 23.7 Å². The van der Waals surface area contributed by atoms with Gasteiger partial charge in [0.2, 0.25) is 0 Å². The van der Waals surface area contributed by atoms with Gasteiger partial charge in [0, 0.05) is 40.4 Å². The number of carbonyl (C=O) groups excluding carboxylic acids is 3. The number of non-ortho nitro benzene ring substituents is 1. The maximum atomic E-state index is 14.6. The van der Waals surface area contributed by atoms with Gasteiger partial charge < -0.3 is 4.90 Å². The number of carbonyl (C=O) groups is 3. The molecule has 3 unspecified atom stereocenters. The minimum atomic E-state index is -1.73. The number of halogens is 1. The predicted octanol–water partition coefficient (Wildman–Crippen LogP) is 6.05. The van der Waals surface area contributed by atoms with Crippen molar-refractivity contribution in [2.45, 2.75) is 18.0 Å². The molecular formula is C33H21FN2O5. The lowest BCUT2D eigenvalue weighted by Gasteiger charge is -2.37. The second-order valence-corrected chi connectivity index (χ2v) is 10.5. The molecule has 7 nitrogen and oxygen atoms in total. The molecule has 2 aliphatic heterocycles. The average molecular weight is 545 g/mol. The fraction of sp³-hybridized carbons (Fsp3) is 0.121. The Bertz CT molecular complexity index is 1790. The number of anilines is 1. The van der Waals surface area contributed by atoms with E-state index in [4.69, 9.17) is 0 Å². The summed E-state index contributed by atoms with van der Waals surface area (Å²) >= 11 is 0. The first-order valence-corrected chi connectivity index (χ1v) is 13.1. The van der Waals surface area contributed by atoms with E-state index in [1.807, 2.05) is 35.2 Å². The van der Waals surface area contributed by atoms with E-state index in [9.17, 15) is 28.9 Å². The first kappa shape index (κ1) is 24.8. The van der Waals surface area contributed by atoms with Gasteiger partial charge in [0.25, 0.3) is 5.69 Å². The largest absolute Gasteiger partial charge is 0.352 e. The topological polar surface area (TPSA) is 97.6 Å². The summed E-state index contributed by atoms with van der Waals surface area (Å²) < 4.78 is 14.2. The van der Waals surface area contributed by atoms with Crippen LogP contribution in [0, 0.1) is 21.3 Å². The smallest absolute Gasteiger partial charge is 0.270 e. The van der Waals surface area contributed by atoms with Gasteiger partial charge in [0.05, 0.1) is 11.0 Å². The molecule has 0 radical (unpaired) electrons. The number of hydrogen-bond acceptors (Lipinski definition) is 6. The summed E-state index contributed by atoms with van der Waals surface area (Å²) in [6.45, 7) is 0. The van der Waals surface area contributed by atoms with E-state index >= 15 is 0 Å². The van der Waals surface area contributed by atoms with Gasteiger partial charge in [-0.3, -0.25) is 24.5 Å². The Morgan fingerprint density at radius 3 is 2.20 bits per heavy atom. The predicted molar refractivity (Wildman–Crippen MR) is 150 cm³/mol. The highest BCUT2D eigenvalue weighted by Gasteiger charge is 2.71. The molecule has 0 N–H and O–H groups in total. The highest BCUT2D eigenvalue weighted by molar-refractivity contribution is 6.32. The number of nitro groups is 1. The summed E-state index contributed by atoms with van der Waals surface area (Å²) in [5.41, 5.74) is 0.556. The Morgan fingerprint density at radius 1 is 0.854 bits per heavy atom. The summed E-state index contributed by atoms with van der Waals surface area (Å²) in [6, 6.07) is 23.0. The minimum Gasteiger partial charge on any atom is -0.352 e. The molecule has 4 aromatic carbocycles. The molecule has 1 saturated heterocycles. The van der Waals surface area contributed by atoms with E-state index < -0.39 is 51.5 Å². The van der Waals surface area contributed by atoms with Gasteiger partial charge in [-0.25, -0.2) is 4.39 Å². The van der Waals surface area contributed by atoms with Crippen molar-refractivity contribution in [1.82, 2.24) is 0 Å². The van der Waals surface area contributed by atoms with Gasteiger partial charge in [0.15, 0.2) is 17.3 Å². The van der Waals surface area contributed by atoms with Crippen LogP contribution in [0.15, 0.2) is 103 Å². The minimum absolute atomic E-state index is 0.0783. The number of nitro benzene ring substituents is 1. The van der Waals surface area contributed by atoms with Crippen molar-refractivity contribution in [1.29, 1.82) is 0 Å². The van der Waals surface area contributed by atoms with Gasteiger partial charge in [-0.1, -0.05) is 78.9 Å². The third-order valence-electron chi connectivity index (χ3n) is 8.55. The summed E-state index contributed by atoms with van der Waals surface area (Å²) in [5.74, 6) is -2.81. The van der Waals surface area contributed by atoms with E-state index in [1.54, 1.807) is 30.3 Å². The van der Waals surface area contributed by atoms with Crippen molar-refractivity contribution in [2.75, 3.05) is 4.90 Å². The number of rotatable bonds is 4. The number of benzene rings is 4. The summed E-state index contributed by atoms with van der Waals surface area (Å²) in [7, 11) is 0. The molecule has 200 valence electrons. The lowest BCUT2D eigenvalue weighted by atomic mass is 9.64. The number of para-hydroxylation sites is 1. The molecule has 3 aliphatic rings. The maximum Gasteiger partial charge on any atom is 0.270 e. The van der Waals surface area contributed by atoms with Crippen LogP contribution in [0.2, 0.25) is 0 Å². The van der Waals surface area contributed by atoms with Crippen molar-refractivity contribution in [2.24, 2.45) is 5.41 Å². The van der Waals surface area contributed by atoms with Crippen LogP contribution in [0.5, 0.6) is 0 Å². The van der Waals surface area contributed by atoms with Crippen molar-refractivity contribution in [3.8, 4) is 0 Å². The zero-order valence-corrected chi connectivity index (χ0v) is 21.4. The molecular weight excluding hydrogens is 523 g/mol. The van der Waals surface area contributed by atoms with Crippen LogP contribution in [0.1, 0.15) is 48.1 Å². The zero-order chi connectivity index (χ0) is 28.5. The van der Waals surface area contributed by atoms with Gasteiger partial charge in [-0.05, 0) is 29.3 Å². The molecule has 1 spiro atoms. The van der Waals surface area contributed by atoms with Crippen LogP contribution >= 0.6 is 0 Å². The Labute approximate surface area is 233 Å². The van der Waals surface area contributed by atoms with E-state index in [-0.39, 0.29) is 22.4 Å². The number of fused-ring (bicyclic) bond motifs is 5. The Morgan fingerprint density at radius 2 is 1.51 bits per heavy atom. The van der Waals surface area contributed by atoms with Crippen LogP contribution in [0.4, 0.5) is 15.8 Å². The van der Waals surface area contributed by atoms with E-state index in [2.05, 4.69) is 0 Å². The van der Waals surface area contributed by atoms with Gasteiger partial charge in [-0.15, -0.1) is 0 Å². The molecule has 0 saturated carbocycles. The zero-order valence-electron chi connectivity index (χ0n) is 21.4. The highest BCUT2D eigenvalue weighted by Crippen LogP contribution is 2.61. The van der Waals surface area contributed by atoms with E-state index in [0.29, 0.717) is 11.3 Å². The SMILES string of the molecule is O=C(c1cccc([N+](=O)[O-])c1)C1C(c2ccc(F)cc2)C2(C(=O)c3ccccc3C2=O)C2C=Cc3ccccc3N12. The van der Waals surface area contributed by atoms with Crippen LogP contribution in [0.3, 0.4) is 0 Å². The number of hydrogen-bond donors (Lipinski definition) is 0. The highest BCUT2D eigenvalue weighted by atomic mass is 19.1. The van der Waals surface area contributed by atoms with Crippen molar-refractivity contribution in [3.63, 3.8) is 0 Å². The molecule has 7 rings (SSSR count). The monoisotopic (exact) mass is 544 g/mol. The Balaban J connectivity index is 1.54. The first-order valence-electron chi connectivity index (χ1n) is 13.1. The number of Topliss-reactive ketones (excluding diaryl/α,β-unsaturated/α-hetero) is 3. The van der Waals surface area contributed by atoms with Gasteiger partial charge >= 0.3 is 0 Å². The second-order valence-electron chi connectivity index (χ2n) is 10.5. The van der Waals surface area contributed by atoms with Crippen LogP contribution < -0.4 is 4.90 Å². The molecule has 0 amide bonds. The average Bonchev–Trinajstić information content (AvgIpc) is 3.43. The third-order valence-corrected chi connectivity index (χ3v) is 8.55. The van der Waals surface area contributed by atoms with Gasteiger partial charge in [-0.2, -0.15) is 0 Å². The molecule has 4 aromatic rings. The van der Waals surface area contributed by atoms with Crippen molar-refractivity contribution in [3.05, 3.63) is 147 Å². The van der Waals surface area contributed by atoms with Crippen LogP contribution in [-0.2, 0) is 0 Å². The maximum absolute atomic E-state index is 14.6. The standard InChI is InChI=1S/C33H21FN2O5/c34-22-15-12-20(13-16-22)28-29(30(37)21-7-5-8-23(18-21)36(40)41)35-26-11-4-1-6-19(26)14-17-27(35)33(28)31(38)24-9-2-3-10-25(24)32(33)39/h1-18,27-29H. The van der Waals surface area contributed by atoms with Gasteiger partial charge in [0.1, 0.15) is 17.3 Å². The first-order chi connectivity index (χ1) is 19.8.